The average molecular weight is 541 g/mol. The summed E-state index contributed by atoms with van der Waals surface area (Å²) in [6, 6.07) is 11.2. The molecular weight excluding hydrogens is 521 g/mol. The van der Waals surface area contributed by atoms with E-state index in [9.17, 15) is 4.79 Å². The quantitative estimate of drug-likeness (QED) is 0.262. The van der Waals surface area contributed by atoms with Gasteiger partial charge in [-0.2, -0.15) is 0 Å². The number of para-hydroxylation sites is 2. The third-order valence-electron chi connectivity index (χ3n) is 4.04. The molecule has 0 aromatic heterocycles. The molecule has 8 heteroatoms. The van der Waals surface area contributed by atoms with Gasteiger partial charge in [-0.25, -0.2) is 0 Å². The van der Waals surface area contributed by atoms with Gasteiger partial charge in [0, 0.05) is 0 Å². The lowest BCUT2D eigenvalue weighted by molar-refractivity contribution is -0.113. The Hall–Kier alpha value is -1.78. The molecule has 0 aliphatic carbocycles. The lowest BCUT2D eigenvalue weighted by atomic mass is 10.1. The molecular formula is C21H20INO4S2. The molecule has 1 amide bonds. The molecule has 3 rings (SSSR count). The van der Waals surface area contributed by atoms with Gasteiger partial charge in [-0.15, -0.1) is 0 Å². The number of hydrogen-bond donors (Lipinski definition) is 0. The summed E-state index contributed by atoms with van der Waals surface area (Å²) >= 11 is 8.96. The number of methoxy groups -OCH3 is 1. The van der Waals surface area contributed by atoms with Crippen molar-refractivity contribution in [3.63, 3.8) is 0 Å². The number of amides is 1. The predicted molar refractivity (Wildman–Crippen MR) is 130 cm³/mol. The second kappa shape index (κ2) is 9.82. The average Bonchev–Trinajstić information content (AvgIpc) is 2.97. The molecule has 2 aromatic rings. The number of hydrogen-bond acceptors (Lipinski definition) is 6. The predicted octanol–water partition coefficient (Wildman–Crippen LogP) is 5.50. The van der Waals surface area contributed by atoms with Gasteiger partial charge in [0.1, 0.15) is 5.75 Å². The number of rotatable bonds is 7. The third kappa shape index (κ3) is 4.70. The van der Waals surface area contributed by atoms with Crippen molar-refractivity contribution in [2.45, 2.75) is 13.8 Å². The molecule has 1 aliphatic heterocycles. The van der Waals surface area contributed by atoms with Crippen LogP contribution in [0.25, 0.3) is 6.08 Å². The number of carbonyl (C=O) groups is 1. The van der Waals surface area contributed by atoms with Crippen LogP contribution in [0.5, 0.6) is 17.2 Å². The molecule has 0 saturated carbocycles. The maximum absolute atomic E-state index is 13.1. The minimum absolute atomic E-state index is 0.175. The minimum atomic E-state index is -0.175. The Morgan fingerprint density at radius 2 is 1.86 bits per heavy atom. The molecule has 1 heterocycles. The molecule has 0 radical (unpaired) electrons. The van der Waals surface area contributed by atoms with Gasteiger partial charge in [0.15, 0.2) is 15.8 Å². The highest BCUT2D eigenvalue weighted by atomic mass is 127. The number of ether oxygens (including phenoxy) is 3. The first-order valence-corrected chi connectivity index (χ1v) is 11.3. The molecule has 1 fully saturated rings. The van der Waals surface area contributed by atoms with Crippen molar-refractivity contribution in [1.29, 1.82) is 0 Å². The van der Waals surface area contributed by atoms with Gasteiger partial charge >= 0.3 is 0 Å². The van der Waals surface area contributed by atoms with Crippen LogP contribution in [-0.2, 0) is 4.79 Å². The van der Waals surface area contributed by atoms with Crippen LogP contribution in [0.15, 0.2) is 41.3 Å². The number of benzene rings is 2. The lowest BCUT2D eigenvalue weighted by Gasteiger charge is -2.17. The number of halogens is 1. The second-order valence-corrected chi connectivity index (χ2v) is 8.72. The molecule has 29 heavy (non-hydrogen) atoms. The van der Waals surface area contributed by atoms with Crippen LogP contribution in [0.1, 0.15) is 19.4 Å². The Bertz CT molecular complexity index is 977. The van der Waals surface area contributed by atoms with Crippen LogP contribution in [0.2, 0.25) is 0 Å². The van der Waals surface area contributed by atoms with Crippen molar-refractivity contribution in [3.05, 3.63) is 50.4 Å². The second-order valence-electron chi connectivity index (χ2n) is 5.88. The molecule has 1 saturated heterocycles. The van der Waals surface area contributed by atoms with Crippen molar-refractivity contribution in [2.75, 3.05) is 25.2 Å². The van der Waals surface area contributed by atoms with Gasteiger partial charge in [0.05, 0.1) is 34.5 Å². The highest BCUT2D eigenvalue weighted by Crippen LogP contribution is 2.41. The molecule has 152 valence electrons. The SMILES string of the molecule is CCOc1cc(/C=C2/SC(=S)N(c3ccccc3OC)C2=O)cc(I)c1OCC. The summed E-state index contributed by atoms with van der Waals surface area (Å²) in [5.74, 6) is 1.80. The Morgan fingerprint density at radius 1 is 1.14 bits per heavy atom. The molecule has 0 N–H and O–H groups in total. The first-order valence-electron chi connectivity index (χ1n) is 9.00. The van der Waals surface area contributed by atoms with Crippen LogP contribution in [0.3, 0.4) is 0 Å². The van der Waals surface area contributed by atoms with Crippen LogP contribution in [0, 0.1) is 3.57 Å². The van der Waals surface area contributed by atoms with E-state index >= 15 is 0 Å². The monoisotopic (exact) mass is 541 g/mol. The molecule has 2 aromatic carbocycles. The molecule has 5 nitrogen and oxygen atoms in total. The van der Waals surface area contributed by atoms with Gasteiger partial charge in [-0.1, -0.05) is 36.1 Å². The van der Waals surface area contributed by atoms with E-state index in [1.165, 1.54) is 16.7 Å². The van der Waals surface area contributed by atoms with E-state index in [2.05, 4.69) is 22.6 Å². The maximum atomic E-state index is 13.1. The Balaban J connectivity index is 1.97. The number of thioether (sulfide) groups is 1. The fraction of sp³-hybridized carbons (Fsp3) is 0.238. The summed E-state index contributed by atoms with van der Waals surface area (Å²) in [7, 11) is 1.57. The van der Waals surface area contributed by atoms with Crippen molar-refractivity contribution in [1.82, 2.24) is 0 Å². The third-order valence-corrected chi connectivity index (χ3v) is 6.14. The zero-order valence-electron chi connectivity index (χ0n) is 16.2. The molecule has 0 atom stereocenters. The summed E-state index contributed by atoms with van der Waals surface area (Å²) in [5, 5.41) is 0. The topological polar surface area (TPSA) is 48.0 Å². The first kappa shape index (κ1) is 21.9. The summed E-state index contributed by atoms with van der Waals surface area (Å²) in [5.41, 5.74) is 1.49. The van der Waals surface area contributed by atoms with Crippen LogP contribution >= 0.6 is 46.6 Å². The van der Waals surface area contributed by atoms with Gasteiger partial charge in [-0.05, 0) is 72.3 Å². The van der Waals surface area contributed by atoms with E-state index in [0.717, 1.165) is 9.13 Å². The van der Waals surface area contributed by atoms with Gasteiger partial charge in [0.2, 0.25) is 0 Å². The Labute approximate surface area is 193 Å². The Kier molecular flexibility index (Phi) is 7.42. The number of carbonyl (C=O) groups excluding carboxylic acids is 1. The van der Waals surface area contributed by atoms with Crippen LogP contribution in [0.4, 0.5) is 5.69 Å². The number of thiocarbonyl (C=S) groups is 1. The van der Waals surface area contributed by atoms with Gasteiger partial charge in [-0.3, -0.25) is 9.69 Å². The molecule has 1 aliphatic rings. The largest absolute Gasteiger partial charge is 0.495 e. The van der Waals surface area contributed by atoms with Crippen molar-refractivity contribution < 1.29 is 19.0 Å². The van der Waals surface area contributed by atoms with Crippen LogP contribution in [-0.4, -0.2) is 30.6 Å². The lowest BCUT2D eigenvalue weighted by Crippen LogP contribution is -2.27. The fourth-order valence-electron chi connectivity index (χ4n) is 2.86. The fourth-order valence-corrected chi connectivity index (χ4v) is 4.93. The smallest absolute Gasteiger partial charge is 0.270 e. The van der Waals surface area contributed by atoms with E-state index < -0.39 is 0 Å². The first-order chi connectivity index (χ1) is 14.0. The highest BCUT2D eigenvalue weighted by molar-refractivity contribution is 14.1. The van der Waals surface area contributed by atoms with E-state index in [0.29, 0.717) is 45.4 Å². The molecule has 0 bridgehead atoms. The summed E-state index contributed by atoms with van der Waals surface area (Å²) in [4.78, 5) is 15.1. The normalized spacial score (nSPS) is 15.2. The molecule has 0 spiro atoms. The standard InChI is InChI=1S/C21H20INO4S2/c1-4-26-17-11-13(10-14(22)19(17)27-5-2)12-18-20(24)23(21(28)29-18)15-8-6-7-9-16(15)25-3/h6-12H,4-5H2,1-3H3/b18-12+. The van der Waals surface area contributed by atoms with Gasteiger partial charge in [0.25, 0.3) is 5.91 Å². The van der Waals surface area contributed by atoms with E-state index in [1.807, 2.05) is 50.3 Å². The van der Waals surface area contributed by atoms with Crippen molar-refractivity contribution in [2.24, 2.45) is 0 Å². The molecule has 0 unspecified atom stereocenters. The Morgan fingerprint density at radius 3 is 2.55 bits per heavy atom. The summed E-state index contributed by atoms with van der Waals surface area (Å²) in [6.07, 6.45) is 1.83. The van der Waals surface area contributed by atoms with Gasteiger partial charge < -0.3 is 14.2 Å². The maximum Gasteiger partial charge on any atom is 0.270 e. The number of nitrogens with zero attached hydrogens (tertiary/aromatic N) is 1. The zero-order valence-corrected chi connectivity index (χ0v) is 20.0. The van der Waals surface area contributed by atoms with Crippen molar-refractivity contribution >= 4 is 68.6 Å². The highest BCUT2D eigenvalue weighted by Gasteiger charge is 2.34. The van der Waals surface area contributed by atoms with E-state index in [1.54, 1.807) is 13.2 Å². The van der Waals surface area contributed by atoms with E-state index in [-0.39, 0.29) is 5.91 Å². The minimum Gasteiger partial charge on any atom is -0.495 e. The number of anilines is 1. The van der Waals surface area contributed by atoms with Crippen molar-refractivity contribution in [3.8, 4) is 17.2 Å². The van der Waals surface area contributed by atoms with E-state index in [4.69, 9.17) is 26.4 Å². The summed E-state index contributed by atoms with van der Waals surface area (Å²) in [6.45, 7) is 4.93. The van der Waals surface area contributed by atoms with Crippen LogP contribution < -0.4 is 19.1 Å². The summed E-state index contributed by atoms with van der Waals surface area (Å²) < 4.78 is 18.2. The zero-order chi connectivity index (χ0) is 21.0.